The smallest absolute Gasteiger partial charge is 0.124 e. The molecule has 0 saturated heterocycles. The molecule has 0 aliphatic carbocycles. The van der Waals surface area contributed by atoms with Gasteiger partial charge in [0.05, 0.1) is 10.7 Å². The number of nitrogens with zero attached hydrogens (tertiary/aromatic N) is 2. The van der Waals surface area contributed by atoms with Gasteiger partial charge in [0, 0.05) is 32.8 Å². The number of pyridine rings is 2. The summed E-state index contributed by atoms with van der Waals surface area (Å²) in [4.78, 5) is 10.3. The van der Waals surface area contributed by atoms with Crippen LogP contribution in [0.5, 0.6) is 5.75 Å². The van der Waals surface area contributed by atoms with E-state index in [1.807, 2.05) is 54.6 Å². The summed E-state index contributed by atoms with van der Waals surface area (Å²) in [6, 6.07) is 26.9. The van der Waals surface area contributed by atoms with Crippen LogP contribution in [0.1, 0.15) is 26.3 Å². The van der Waals surface area contributed by atoms with Crippen molar-refractivity contribution in [1.82, 2.24) is 9.97 Å². The zero-order valence-electron chi connectivity index (χ0n) is 17.6. The molecule has 4 rings (SSSR count). The number of benzene rings is 2. The number of phenolic OH excluding ortho intramolecular Hbond substituents is 1. The van der Waals surface area contributed by atoms with Crippen LogP contribution in [0, 0.1) is 6.07 Å². The van der Waals surface area contributed by atoms with Crippen molar-refractivity contribution < 1.29 is 26.2 Å². The van der Waals surface area contributed by atoms with Crippen LogP contribution in [-0.2, 0) is 26.5 Å². The van der Waals surface area contributed by atoms with Gasteiger partial charge in [-0.15, -0.1) is 29.8 Å². The maximum absolute atomic E-state index is 10.4. The van der Waals surface area contributed by atoms with Crippen LogP contribution in [0.3, 0.4) is 0 Å². The third kappa shape index (κ3) is 5.64. The largest absolute Gasteiger partial charge is 0.507 e. The van der Waals surface area contributed by atoms with Crippen molar-refractivity contribution in [2.75, 3.05) is 0 Å². The van der Waals surface area contributed by atoms with Crippen LogP contribution in [-0.4, -0.2) is 15.1 Å². The first-order valence-corrected chi connectivity index (χ1v) is 10.6. The molecule has 3 nitrogen and oxygen atoms in total. The fraction of sp³-hybridized carbons (Fsp3) is 0.154. The molecule has 2 aromatic carbocycles. The van der Waals surface area contributed by atoms with Gasteiger partial charge in [0.15, 0.2) is 0 Å². The van der Waals surface area contributed by atoms with Gasteiger partial charge in [-0.05, 0) is 47.0 Å². The van der Waals surface area contributed by atoms with E-state index in [-0.39, 0.29) is 32.2 Å². The predicted molar refractivity (Wildman–Crippen MR) is 123 cm³/mol. The number of aromatic nitrogens is 2. The van der Waals surface area contributed by atoms with Crippen LogP contribution >= 0.6 is 11.8 Å². The minimum atomic E-state index is -0.0584. The van der Waals surface area contributed by atoms with Crippen LogP contribution in [0.4, 0.5) is 0 Å². The number of phenols is 1. The summed E-state index contributed by atoms with van der Waals surface area (Å²) in [5.74, 6) is 0.227. The molecule has 5 heteroatoms. The Balaban J connectivity index is 0.00000272. The summed E-state index contributed by atoms with van der Waals surface area (Å²) < 4.78 is 0. The molecule has 0 radical (unpaired) electrons. The second-order valence-corrected chi connectivity index (χ2v) is 9.15. The van der Waals surface area contributed by atoms with E-state index < -0.39 is 0 Å². The molecule has 0 saturated carbocycles. The fourth-order valence-corrected chi connectivity index (χ4v) is 3.90. The minimum absolute atomic E-state index is 0. The quantitative estimate of drug-likeness (QED) is 0.261. The molecule has 160 valence electrons. The van der Waals surface area contributed by atoms with E-state index in [9.17, 15) is 5.11 Å². The third-order valence-electron chi connectivity index (χ3n) is 4.77. The van der Waals surface area contributed by atoms with Gasteiger partial charge < -0.3 is 5.11 Å². The van der Waals surface area contributed by atoms with Crippen molar-refractivity contribution >= 4 is 11.8 Å². The Morgan fingerprint density at radius 3 is 2.32 bits per heavy atom. The van der Waals surface area contributed by atoms with Gasteiger partial charge >= 0.3 is 0 Å². The van der Waals surface area contributed by atoms with Crippen LogP contribution < -0.4 is 0 Å². The first-order chi connectivity index (χ1) is 14.4. The van der Waals surface area contributed by atoms with E-state index in [1.54, 1.807) is 24.0 Å². The summed E-state index contributed by atoms with van der Waals surface area (Å²) in [6.07, 6.45) is 1.79. The zero-order valence-corrected chi connectivity index (χ0v) is 20.7. The topological polar surface area (TPSA) is 46.0 Å². The minimum Gasteiger partial charge on any atom is -0.507 e. The standard InChI is InChI=1S/C26H23N2OS.Pt/c1-26(2,3)19-16-22(28-23(17-19)21-11-4-5-12-24(21)29)18-9-8-10-20(15-18)30-25-13-6-7-14-27-25;/h4-14,16-17,29H,1-3H3;/q-1;. The van der Waals surface area contributed by atoms with E-state index in [4.69, 9.17) is 4.98 Å². The third-order valence-corrected chi connectivity index (χ3v) is 5.68. The van der Waals surface area contributed by atoms with Gasteiger partial charge in [-0.1, -0.05) is 61.7 Å². The Bertz CT molecular complexity index is 1170. The molecule has 0 bridgehead atoms. The number of hydrogen-bond donors (Lipinski definition) is 1. The molecular formula is C26H23N2OPtS-. The van der Waals surface area contributed by atoms with E-state index in [1.165, 1.54) is 0 Å². The van der Waals surface area contributed by atoms with Gasteiger partial charge in [0.1, 0.15) is 5.75 Å². The number of para-hydroxylation sites is 1. The van der Waals surface area contributed by atoms with Crippen molar-refractivity contribution in [3.05, 3.63) is 90.6 Å². The molecular weight excluding hydrogens is 583 g/mol. The molecule has 0 amide bonds. The molecule has 0 aliphatic rings. The first-order valence-electron chi connectivity index (χ1n) is 9.83. The van der Waals surface area contributed by atoms with Crippen molar-refractivity contribution in [2.45, 2.75) is 36.1 Å². The van der Waals surface area contributed by atoms with Crippen LogP contribution in [0.15, 0.2) is 88.9 Å². The average molecular weight is 607 g/mol. The normalized spacial score (nSPS) is 11.1. The Morgan fingerprint density at radius 2 is 1.61 bits per heavy atom. The van der Waals surface area contributed by atoms with E-state index >= 15 is 0 Å². The maximum Gasteiger partial charge on any atom is 0.124 e. The van der Waals surface area contributed by atoms with Gasteiger partial charge in [0.25, 0.3) is 0 Å². The number of hydrogen-bond acceptors (Lipinski definition) is 4. The van der Waals surface area contributed by atoms with Gasteiger partial charge in [-0.3, -0.25) is 4.98 Å². The van der Waals surface area contributed by atoms with Gasteiger partial charge in [-0.25, -0.2) is 4.98 Å². The molecule has 4 aromatic rings. The van der Waals surface area contributed by atoms with E-state index in [0.29, 0.717) is 0 Å². The fourth-order valence-electron chi connectivity index (χ4n) is 3.11. The molecule has 0 atom stereocenters. The molecule has 0 fully saturated rings. The molecule has 2 heterocycles. The van der Waals surface area contributed by atoms with Gasteiger partial charge in [-0.2, -0.15) is 0 Å². The summed E-state index contributed by atoms with van der Waals surface area (Å²) >= 11 is 1.57. The molecule has 2 aromatic heterocycles. The Morgan fingerprint density at radius 1 is 0.871 bits per heavy atom. The Labute approximate surface area is 202 Å². The molecule has 0 unspecified atom stereocenters. The van der Waals surface area contributed by atoms with Crippen LogP contribution in [0.2, 0.25) is 0 Å². The monoisotopic (exact) mass is 606 g/mol. The Kier molecular flexibility index (Phi) is 7.35. The average Bonchev–Trinajstić information content (AvgIpc) is 2.74. The second-order valence-electron chi connectivity index (χ2n) is 8.09. The number of rotatable bonds is 4. The first kappa shape index (κ1) is 23.2. The second kappa shape index (κ2) is 9.80. The van der Waals surface area contributed by atoms with Crippen molar-refractivity contribution in [2.24, 2.45) is 0 Å². The van der Waals surface area contributed by atoms with Crippen molar-refractivity contribution in [3.8, 4) is 28.3 Å². The van der Waals surface area contributed by atoms with Gasteiger partial charge in [0.2, 0.25) is 0 Å². The summed E-state index contributed by atoms with van der Waals surface area (Å²) in [6.45, 7) is 6.54. The maximum atomic E-state index is 10.4. The molecule has 0 spiro atoms. The number of aromatic hydroxyl groups is 1. The summed E-state index contributed by atoms with van der Waals surface area (Å²) in [5, 5.41) is 11.3. The van der Waals surface area contributed by atoms with Crippen molar-refractivity contribution in [3.63, 3.8) is 0 Å². The van der Waals surface area contributed by atoms with Crippen LogP contribution in [0.25, 0.3) is 22.5 Å². The van der Waals surface area contributed by atoms with Crippen molar-refractivity contribution in [1.29, 1.82) is 0 Å². The van der Waals surface area contributed by atoms with E-state index in [0.717, 1.165) is 38.0 Å². The molecule has 0 aliphatic heterocycles. The predicted octanol–water partition coefficient (Wildman–Crippen LogP) is 6.76. The molecule has 1 N–H and O–H groups in total. The zero-order chi connectivity index (χ0) is 21.1. The van der Waals surface area contributed by atoms with E-state index in [2.05, 4.69) is 44.0 Å². The molecule has 31 heavy (non-hydrogen) atoms. The Hall–Kier alpha value is -2.42. The summed E-state index contributed by atoms with van der Waals surface area (Å²) in [5.41, 5.74) is 4.33. The SMILES string of the molecule is CC(C)(C)c1cc(-c2[c-]c(Sc3ccccn3)ccc2)nc(-c2ccccc2O)c1.[Pt]. The summed E-state index contributed by atoms with van der Waals surface area (Å²) in [7, 11) is 0.